The fourth-order valence-corrected chi connectivity index (χ4v) is 2.84. The summed E-state index contributed by atoms with van der Waals surface area (Å²) in [7, 11) is 0. The Labute approximate surface area is 125 Å². The Kier molecular flexibility index (Phi) is 4.12. The first-order chi connectivity index (χ1) is 9.84. The average molecular weight is 292 g/mol. The van der Waals surface area contributed by atoms with Crippen LogP contribution in [-0.4, -0.2) is 28.3 Å². The number of nitrogens with one attached hydrogen (secondary N) is 1. The van der Waals surface area contributed by atoms with E-state index in [4.69, 9.17) is 4.42 Å². The molecule has 1 aromatic rings. The van der Waals surface area contributed by atoms with E-state index in [0.717, 1.165) is 5.76 Å². The van der Waals surface area contributed by atoms with Crippen LogP contribution in [0.5, 0.6) is 0 Å². The van der Waals surface area contributed by atoms with Crippen molar-refractivity contribution >= 4 is 11.8 Å². The van der Waals surface area contributed by atoms with Crippen LogP contribution in [0.3, 0.4) is 0 Å². The highest BCUT2D eigenvalue weighted by molar-refractivity contribution is 5.99. The molecule has 1 fully saturated rings. The van der Waals surface area contributed by atoms with Crippen molar-refractivity contribution in [1.82, 2.24) is 10.2 Å². The van der Waals surface area contributed by atoms with E-state index in [1.54, 1.807) is 11.8 Å². The quantitative estimate of drug-likeness (QED) is 0.927. The summed E-state index contributed by atoms with van der Waals surface area (Å²) in [5.74, 6) is 1.39. The molecule has 1 aliphatic rings. The summed E-state index contributed by atoms with van der Waals surface area (Å²) in [5.41, 5.74) is -0.835. The normalized spacial score (nSPS) is 27.7. The predicted molar refractivity (Wildman–Crippen MR) is 79.6 cm³/mol. The number of amides is 2. The van der Waals surface area contributed by atoms with Crippen LogP contribution >= 0.6 is 0 Å². The Bertz CT molecular complexity index is 551. The van der Waals surface area contributed by atoms with Crippen molar-refractivity contribution in [3.63, 3.8) is 0 Å². The largest absolute Gasteiger partial charge is 0.464 e. The third-order valence-electron chi connectivity index (χ3n) is 4.43. The number of hydrogen-bond acceptors (Lipinski definition) is 3. The number of nitrogens with zero attached hydrogens (tertiary/aromatic N) is 1. The zero-order valence-corrected chi connectivity index (χ0v) is 13.4. The van der Waals surface area contributed by atoms with Gasteiger partial charge in [-0.25, -0.2) is 0 Å². The smallest absolute Gasteiger partial charge is 0.249 e. The summed E-state index contributed by atoms with van der Waals surface area (Å²) < 4.78 is 5.65. The van der Waals surface area contributed by atoms with Gasteiger partial charge in [-0.15, -0.1) is 0 Å². The molecule has 21 heavy (non-hydrogen) atoms. The molecule has 1 aliphatic heterocycles. The molecule has 0 saturated carbocycles. The van der Waals surface area contributed by atoms with Gasteiger partial charge in [-0.05, 0) is 45.7 Å². The maximum atomic E-state index is 12.9. The van der Waals surface area contributed by atoms with Gasteiger partial charge in [-0.3, -0.25) is 9.59 Å². The van der Waals surface area contributed by atoms with Crippen LogP contribution < -0.4 is 5.32 Å². The second-order valence-corrected chi connectivity index (χ2v) is 5.94. The number of hydrogen-bond donors (Lipinski definition) is 1. The topological polar surface area (TPSA) is 62.6 Å². The minimum absolute atomic E-state index is 0.0435. The second kappa shape index (κ2) is 5.54. The maximum absolute atomic E-state index is 12.9. The second-order valence-electron chi connectivity index (χ2n) is 5.94. The first-order valence-electron chi connectivity index (χ1n) is 7.55. The molecule has 2 amide bonds. The summed E-state index contributed by atoms with van der Waals surface area (Å²) in [6.07, 6.45) is 1.15. The minimum Gasteiger partial charge on any atom is -0.464 e. The third-order valence-corrected chi connectivity index (χ3v) is 4.43. The van der Waals surface area contributed by atoms with Gasteiger partial charge in [0, 0.05) is 0 Å². The molecule has 0 aliphatic carbocycles. The first kappa shape index (κ1) is 15.6. The standard InChI is InChI=1S/C16H24N2O3/c1-6-12-14(19)17-16(5,7-2)15(20)18(12)11(4)13-9-8-10(3)21-13/h8-9,11-12H,6-7H2,1-5H3,(H,17,19). The van der Waals surface area contributed by atoms with Crippen molar-refractivity contribution in [3.8, 4) is 0 Å². The number of carbonyl (C=O) groups excluding carboxylic acids is 2. The molecule has 0 spiro atoms. The predicted octanol–water partition coefficient (Wildman–Crippen LogP) is 2.55. The molecule has 0 radical (unpaired) electrons. The highest BCUT2D eigenvalue weighted by atomic mass is 16.3. The third kappa shape index (κ3) is 2.57. The number of rotatable bonds is 4. The molecular formula is C16H24N2O3. The average Bonchev–Trinajstić information content (AvgIpc) is 2.88. The van der Waals surface area contributed by atoms with Gasteiger partial charge in [0.05, 0.1) is 6.04 Å². The summed E-state index contributed by atoms with van der Waals surface area (Å²) in [6, 6.07) is 3.04. The van der Waals surface area contributed by atoms with Crippen LogP contribution in [0.1, 0.15) is 58.1 Å². The molecule has 116 valence electrons. The molecular weight excluding hydrogens is 268 g/mol. The molecule has 2 heterocycles. The van der Waals surface area contributed by atoms with Gasteiger partial charge in [-0.1, -0.05) is 13.8 Å². The summed E-state index contributed by atoms with van der Waals surface area (Å²) in [5, 5.41) is 2.87. The van der Waals surface area contributed by atoms with E-state index in [1.807, 2.05) is 39.8 Å². The Morgan fingerprint density at radius 1 is 1.38 bits per heavy atom. The van der Waals surface area contributed by atoms with Crippen molar-refractivity contribution in [2.45, 2.75) is 65.1 Å². The molecule has 5 nitrogen and oxygen atoms in total. The van der Waals surface area contributed by atoms with Gasteiger partial charge in [0.25, 0.3) is 0 Å². The molecule has 3 unspecified atom stereocenters. The lowest BCUT2D eigenvalue weighted by Gasteiger charge is -2.46. The summed E-state index contributed by atoms with van der Waals surface area (Å²) in [6.45, 7) is 9.39. The van der Waals surface area contributed by atoms with Crippen molar-refractivity contribution in [1.29, 1.82) is 0 Å². The Hall–Kier alpha value is -1.78. The number of furan rings is 1. The van der Waals surface area contributed by atoms with Gasteiger partial charge in [0.2, 0.25) is 11.8 Å². The highest BCUT2D eigenvalue weighted by Gasteiger charge is 2.48. The lowest BCUT2D eigenvalue weighted by Crippen LogP contribution is -2.69. The molecule has 2 rings (SSSR count). The molecule has 1 aromatic heterocycles. The van der Waals surface area contributed by atoms with E-state index in [0.29, 0.717) is 18.6 Å². The SMILES string of the molecule is CCC1C(=O)NC(C)(CC)C(=O)N1C(C)c1ccc(C)o1. The monoisotopic (exact) mass is 292 g/mol. The van der Waals surface area contributed by atoms with E-state index >= 15 is 0 Å². The van der Waals surface area contributed by atoms with Crippen molar-refractivity contribution in [3.05, 3.63) is 23.7 Å². The molecule has 5 heteroatoms. The van der Waals surface area contributed by atoms with Gasteiger partial charge in [0.15, 0.2) is 0 Å². The molecule has 1 saturated heterocycles. The Morgan fingerprint density at radius 2 is 2.05 bits per heavy atom. The Balaban J connectivity index is 2.40. The van der Waals surface area contributed by atoms with E-state index < -0.39 is 11.6 Å². The fraction of sp³-hybridized carbons (Fsp3) is 0.625. The molecule has 3 atom stereocenters. The van der Waals surface area contributed by atoms with Crippen molar-refractivity contribution < 1.29 is 14.0 Å². The fourth-order valence-electron chi connectivity index (χ4n) is 2.84. The van der Waals surface area contributed by atoms with Crippen LogP contribution in [-0.2, 0) is 9.59 Å². The van der Waals surface area contributed by atoms with Crippen LogP contribution in [0, 0.1) is 6.92 Å². The maximum Gasteiger partial charge on any atom is 0.249 e. The van der Waals surface area contributed by atoms with E-state index in [2.05, 4.69) is 5.32 Å². The van der Waals surface area contributed by atoms with E-state index in [1.165, 1.54) is 0 Å². The molecule has 0 bridgehead atoms. The number of aryl methyl sites for hydroxylation is 1. The Morgan fingerprint density at radius 3 is 2.52 bits per heavy atom. The lowest BCUT2D eigenvalue weighted by molar-refractivity contribution is -0.157. The molecule has 0 aromatic carbocycles. The number of piperazine rings is 1. The number of carbonyl (C=O) groups is 2. The summed E-state index contributed by atoms with van der Waals surface area (Å²) in [4.78, 5) is 26.9. The van der Waals surface area contributed by atoms with Crippen LogP contribution in [0.4, 0.5) is 0 Å². The zero-order chi connectivity index (χ0) is 15.8. The summed E-state index contributed by atoms with van der Waals surface area (Å²) >= 11 is 0. The van der Waals surface area contributed by atoms with Crippen molar-refractivity contribution in [2.75, 3.05) is 0 Å². The first-order valence-corrected chi connectivity index (χ1v) is 7.55. The van der Waals surface area contributed by atoms with Crippen LogP contribution in [0.15, 0.2) is 16.5 Å². The van der Waals surface area contributed by atoms with Crippen LogP contribution in [0.2, 0.25) is 0 Å². The van der Waals surface area contributed by atoms with Crippen molar-refractivity contribution in [2.24, 2.45) is 0 Å². The minimum atomic E-state index is -0.835. The van der Waals surface area contributed by atoms with Crippen LogP contribution in [0.25, 0.3) is 0 Å². The van der Waals surface area contributed by atoms with Gasteiger partial charge in [0.1, 0.15) is 23.1 Å². The van der Waals surface area contributed by atoms with Gasteiger partial charge in [-0.2, -0.15) is 0 Å². The van der Waals surface area contributed by atoms with Gasteiger partial charge < -0.3 is 14.6 Å². The van der Waals surface area contributed by atoms with E-state index in [-0.39, 0.29) is 17.9 Å². The zero-order valence-electron chi connectivity index (χ0n) is 13.4. The van der Waals surface area contributed by atoms with Gasteiger partial charge >= 0.3 is 0 Å². The molecule has 1 N–H and O–H groups in total. The highest BCUT2D eigenvalue weighted by Crippen LogP contribution is 2.32. The lowest BCUT2D eigenvalue weighted by atomic mass is 9.90. The van der Waals surface area contributed by atoms with E-state index in [9.17, 15) is 9.59 Å².